The minimum Gasteiger partial charge on any atom is -0.497 e. The van der Waals surface area contributed by atoms with E-state index in [1.54, 1.807) is 30.2 Å². The molecule has 1 aliphatic heterocycles. The van der Waals surface area contributed by atoms with Crippen molar-refractivity contribution in [3.63, 3.8) is 0 Å². The minimum absolute atomic E-state index is 0.0704. The number of Topliss-reactive ketones (excluding diaryl/α,β-unsaturated/α-hetero) is 1. The number of carbonyl (C=O) groups excluding carboxylic acids is 2. The van der Waals surface area contributed by atoms with Crippen molar-refractivity contribution >= 4 is 17.4 Å². The van der Waals surface area contributed by atoms with Gasteiger partial charge in [0.15, 0.2) is 5.78 Å². The Bertz CT molecular complexity index is 1110. The smallest absolute Gasteiger partial charge is 0.232 e. The molecule has 0 fully saturated rings. The van der Waals surface area contributed by atoms with Crippen molar-refractivity contribution in [2.75, 3.05) is 12.0 Å². The van der Waals surface area contributed by atoms with E-state index in [0.29, 0.717) is 35.4 Å². The van der Waals surface area contributed by atoms with E-state index < -0.39 is 0 Å². The van der Waals surface area contributed by atoms with Crippen LogP contribution in [0.4, 0.5) is 5.69 Å². The fourth-order valence-corrected chi connectivity index (χ4v) is 4.60. The normalized spacial score (nSPS) is 20.6. The molecule has 0 saturated heterocycles. The van der Waals surface area contributed by atoms with Crippen molar-refractivity contribution < 1.29 is 14.3 Å². The fourth-order valence-electron chi connectivity index (χ4n) is 4.60. The van der Waals surface area contributed by atoms with E-state index in [9.17, 15) is 14.9 Å². The second-order valence-electron chi connectivity index (χ2n) is 8.69. The van der Waals surface area contributed by atoms with Gasteiger partial charge in [0.1, 0.15) is 11.8 Å². The number of ketones is 1. The molecule has 5 heteroatoms. The Labute approximate surface area is 176 Å². The SMILES string of the molecule is COc1cccc(C2CC(=O)N(c3ccccc3C#N)C3=C2C(=O)CC(C)(C)C3)c1. The molecule has 1 heterocycles. The summed E-state index contributed by atoms with van der Waals surface area (Å²) in [7, 11) is 1.60. The van der Waals surface area contributed by atoms with Crippen LogP contribution in [-0.2, 0) is 9.59 Å². The van der Waals surface area contributed by atoms with Gasteiger partial charge in [-0.2, -0.15) is 5.26 Å². The number of methoxy groups -OCH3 is 1. The number of carbonyl (C=O) groups is 2. The van der Waals surface area contributed by atoms with Crippen molar-refractivity contribution in [2.24, 2.45) is 5.41 Å². The molecule has 1 atom stereocenters. The summed E-state index contributed by atoms with van der Waals surface area (Å²) in [5, 5.41) is 9.59. The number of allylic oxidation sites excluding steroid dienone is 2. The largest absolute Gasteiger partial charge is 0.497 e. The van der Waals surface area contributed by atoms with E-state index in [1.165, 1.54) is 0 Å². The molecular weight excluding hydrogens is 376 g/mol. The Balaban J connectivity index is 1.93. The molecular formula is C25H24N2O3. The second-order valence-corrected chi connectivity index (χ2v) is 8.69. The monoisotopic (exact) mass is 400 g/mol. The van der Waals surface area contributed by atoms with Crippen LogP contribution >= 0.6 is 0 Å². The van der Waals surface area contributed by atoms with Crippen LogP contribution in [-0.4, -0.2) is 18.8 Å². The van der Waals surface area contributed by atoms with Crippen LogP contribution < -0.4 is 9.64 Å². The molecule has 5 nitrogen and oxygen atoms in total. The van der Waals surface area contributed by atoms with Crippen LogP contribution in [0.2, 0.25) is 0 Å². The second kappa shape index (κ2) is 7.46. The van der Waals surface area contributed by atoms with Crippen LogP contribution in [0.5, 0.6) is 5.75 Å². The van der Waals surface area contributed by atoms with Crippen LogP contribution in [0, 0.1) is 16.7 Å². The Kier molecular flexibility index (Phi) is 4.95. The highest BCUT2D eigenvalue weighted by Crippen LogP contribution is 2.48. The Morgan fingerprint density at radius 2 is 1.87 bits per heavy atom. The number of benzene rings is 2. The minimum atomic E-state index is -0.309. The third-order valence-corrected chi connectivity index (χ3v) is 5.90. The Morgan fingerprint density at radius 3 is 2.60 bits per heavy atom. The van der Waals surface area contributed by atoms with Crippen molar-refractivity contribution in [1.29, 1.82) is 5.26 Å². The quantitative estimate of drug-likeness (QED) is 0.747. The summed E-state index contributed by atoms with van der Waals surface area (Å²) in [4.78, 5) is 28.4. The number of nitriles is 1. The lowest BCUT2D eigenvalue weighted by Gasteiger charge is -2.43. The lowest BCUT2D eigenvalue weighted by molar-refractivity contribution is -0.121. The number of hydrogen-bond donors (Lipinski definition) is 0. The molecule has 2 aromatic rings. The summed E-state index contributed by atoms with van der Waals surface area (Å²) >= 11 is 0. The molecule has 2 aromatic carbocycles. The number of ether oxygens (including phenoxy) is 1. The Hall–Kier alpha value is -3.39. The van der Waals surface area contributed by atoms with E-state index in [4.69, 9.17) is 4.74 Å². The van der Waals surface area contributed by atoms with Gasteiger partial charge in [-0.05, 0) is 41.7 Å². The van der Waals surface area contributed by atoms with Gasteiger partial charge in [-0.25, -0.2) is 0 Å². The molecule has 2 aliphatic rings. The van der Waals surface area contributed by atoms with Gasteiger partial charge in [-0.3, -0.25) is 14.5 Å². The van der Waals surface area contributed by atoms with Crippen molar-refractivity contribution in [3.05, 3.63) is 70.9 Å². The summed E-state index contributed by atoms with van der Waals surface area (Å²) < 4.78 is 5.36. The van der Waals surface area contributed by atoms with Crippen LogP contribution in [0.1, 0.15) is 50.2 Å². The third kappa shape index (κ3) is 3.39. The number of rotatable bonds is 3. The van der Waals surface area contributed by atoms with Crippen molar-refractivity contribution in [2.45, 2.75) is 39.0 Å². The van der Waals surface area contributed by atoms with E-state index >= 15 is 0 Å². The van der Waals surface area contributed by atoms with Crippen LogP contribution in [0.15, 0.2) is 59.8 Å². The van der Waals surface area contributed by atoms with E-state index in [1.807, 2.05) is 44.2 Å². The fraction of sp³-hybridized carbons (Fsp3) is 0.320. The molecule has 152 valence electrons. The maximum atomic E-state index is 13.4. The maximum Gasteiger partial charge on any atom is 0.232 e. The van der Waals surface area contributed by atoms with Gasteiger partial charge < -0.3 is 4.74 Å². The molecule has 0 saturated carbocycles. The molecule has 0 N–H and O–H groups in total. The first-order valence-electron chi connectivity index (χ1n) is 10.1. The van der Waals surface area contributed by atoms with Gasteiger partial charge >= 0.3 is 0 Å². The summed E-state index contributed by atoms with van der Waals surface area (Å²) in [6.07, 6.45) is 1.21. The summed E-state index contributed by atoms with van der Waals surface area (Å²) in [5.74, 6) is 0.357. The first kappa shape index (κ1) is 19.9. The molecule has 1 amide bonds. The molecule has 0 bridgehead atoms. The molecule has 0 spiro atoms. The van der Waals surface area contributed by atoms with Crippen molar-refractivity contribution in [1.82, 2.24) is 0 Å². The molecule has 1 unspecified atom stereocenters. The Morgan fingerprint density at radius 1 is 1.10 bits per heavy atom. The number of nitrogens with zero attached hydrogens (tertiary/aromatic N) is 2. The first-order valence-corrected chi connectivity index (χ1v) is 10.1. The predicted octanol–water partition coefficient (Wildman–Crippen LogP) is 4.73. The predicted molar refractivity (Wildman–Crippen MR) is 114 cm³/mol. The molecule has 30 heavy (non-hydrogen) atoms. The number of para-hydroxylation sites is 1. The highest BCUT2D eigenvalue weighted by molar-refractivity contribution is 6.08. The number of anilines is 1. The summed E-state index contributed by atoms with van der Waals surface area (Å²) in [6.45, 7) is 4.09. The van der Waals surface area contributed by atoms with E-state index in [0.717, 1.165) is 11.3 Å². The van der Waals surface area contributed by atoms with Gasteiger partial charge in [-0.15, -0.1) is 0 Å². The highest BCUT2D eigenvalue weighted by atomic mass is 16.5. The molecule has 0 radical (unpaired) electrons. The first-order chi connectivity index (χ1) is 14.3. The zero-order chi connectivity index (χ0) is 21.5. The molecule has 1 aliphatic carbocycles. The topological polar surface area (TPSA) is 70.4 Å². The zero-order valence-corrected chi connectivity index (χ0v) is 17.4. The van der Waals surface area contributed by atoms with Crippen molar-refractivity contribution in [3.8, 4) is 11.8 Å². The van der Waals surface area contributed by atoms with Gasteiger partial charge in [0.25, 0.3) is 0 Å². The zero-order valence-electron chi connectivity index (χ0n) is 17.4. The van der Waals surface area contributed by atoms with Gasteiger partial charge in [-0.1, -0.05) is 38.1 Å². The van der Waals surface area contributed by atoms with Gasteiger partial charge in [0, 0.05) is 30.0 Å². The number of amides is 1. The van der Waals surface area contributed by atoms with E-state index in [-0.39, 0.29) is 29.4 Å². The summed E-state index contributed by atoms with van der Waals surface area (Å²) in [5.41, 5.74) is 3.03. The van der Waals surface area contributed by atoms with Gasteiger partial charge in [0.05, 0.1) is 18.4 Å². The average Bonchev–Trinajstić information content (AvgIpc) is 2.72. The molecule has 0 aromatic heterocycles. The average molecular weight is 400 g/mol. The van der Waals surface area contributed by atoms with Crippen LogP contribution in [0.3, 0.4) is 0 Å². The maximum absolute atomic E-state index is 13.4. The lowest BCUT2D eigenvalue weighted by Crippen LogP contribution is -2.44. The third-order valence-electron chi connectivity index (χ3n) is 5.90. The molecule has 4 rings (SSSR count). The van der Waals surface area contributed by atoms with Crippen LogP contribution in [0.25, 0.3) is 0 Å². The van der Waals surface area contributed by atoms with Gasteiger partial charge in [0.2, 0.25) is 5.91 Å². The summed E-state index contributed by atoms with van der Waals surface area (Å²) in [6, 6.07) is 16.8. The lowest BCUT2D eigenvalue weighted by atomic mass is 9.69. The highest BCUT2D eigenvalue weighted by Gasteiger charge is 2.44. The van der Waals surface area contributed by atoms with E-state index in [2.05, 4.69) is 6.07 Å². The number of hydrogen-bond acceptors (Lipinski definition) is 4. The standard InChI is InChI=1S/C25H24N2O3/c1-25(2)13-21-24(22(28)14-25)19(16-8-6-9-18(11-16)30-3)12-23(29)27(21)20-10-5-4-7-17(20)15-26/h4-11,19H,12-14H2,1-3H3.